The Morgan fingerprint density at radius 1 is 0.963 bits per heavy atom. The molecular weight excluding hydrogens is 368 g/mol. The minimum absolute atomic E-state index is 0.161. The number of nitrogens with one attached hydrogen (secondary N) is 2. The van der Waals surface area contributed by atoms with Gasteiger partial charge < -0.3 is 15.7 Å². The van der Waals surface area contributed by atoms with Gasteiger partial charge in [-0.2, -0.15) is 8.42 Å². The summed E-state index contributed by atoms with van der Waals surface area (Å²) in [6.45, 7) is 0.868. The highest BCUT2D eigenvalue weighted by Gasteiger charge is 2.13. The predicted octanol–water partition coefficient (Wildman–Crippen LogP) is 2.63. The van der Waals surface area contributed by atoms with Crippen molar-refractivity contribution >= 4 is 32.5 Å². The summed E-state index contributed by atoms with van der Waals surface area (Å²) in [5, 5.41) is 16.9. The van der Waals surface area contributed by atoms with E-state index in [1.54, 1.807) is 42.5 Å². The lowest BCUT2D eigenvalue weighted by molar-refractivity contribution is 0.0955. The summed E-state index contributed by atoms with van der Waals surface area (Å²) in [6, 6.07) is 16.2. The molecule has 0 atom stereocenters. The highest BCUT2D eigenvalue weighted by molar-refractivity contribution is 7.85. The Bertz CT molecular complexity index is 1080. The van der Waals surface area contributed by atoms with E-state index < -0.39 is 10.1 Å². The van der Waals surface area contributed by atoms with Crippen LogP contribution in [-0.2, 0) is 10.1 Å². The third kappa shape index (κ3) is 4.55. The van der Waals surface area contributed by atoms with Crippen molar-refractivity contribution < 1.29 is 22.9 Å². The zero-order valence-corrected chi connectivity index (χ0v) is 15.0. The Morgan fingerprint density at radius 3 is 2.41 bits per heavy atom. The van der Waals surface area contributed by atoms with E-state index in [-0.39, 0.29) is 16.6 Å². The van der Waals surface area contributed by atoms with Crippen molar-refractivity contribution in [1.82, 2.24) is 5.32 Å². The molecule has 0 saturated carbocycles. The van der Waals surface area contributed by atoms with E-state index in [2.05, 4.69) is 10.6 Å². The predicted molar refractivity (Wildman–Crippen MR) is 103 cm³/mol. The molecule has 0 fully saturated rings. The number of hydrogen-bond acceptors (Lipinski definition) is 5. The van der Waals surface area contributed by atoms with Gasteiger partial charge in [0.1, 0.15) is 5.75 Å². The van der Waals surface area contributed by atoms with E-state index in [0.717, 1.165) is 6.07 Å². The summed E-state index contributed by atoms with van der Waals surface area (Å²) < 4.78 is 31.6. The van der Waals surface area contributed by atoms with Crippen molar-refractivity contribution in [3.05, 3.63) is 66.2 Å². The minimum Gasteiger partial charge on any atom is -0.507 e. The Balaban J connectivity index is 1.64. The molecule has 0 bridgehead atoms. The maximum atomic E-state index is 11.9. The molecule has 27 heavy (non-hydrogen) atoms. The van der Waals surface area contributed by atoms with Gasteiger partial charge in [-0.3, -0.25) is 9.35 Å². The second kappa shape index (κ2) is 7.65. The second-order valence-corrected chi connectivity index (χ2v) is 7.32. The van der Waals surface area contributed by atoms with Crippen molar-refractivity contribution in [3.8, 4) is 5.75 Å². The van der Waals surface area contributed by atoms with Crippen molar-refractivity contribution in [3.63, 3.8) is 0 Å². The van der Waals surface area contributed by atoms with Gasteiger partial charge in [-0.05, 0) is 35.7 Å². The number of amides is 1. The first kappa shape index (κ1) is 18.7. The van der Waals surface area contributed by atoms with Gasteiger partial charge in [-0.15, -0.1) is 0 Å². The molecule has 140 valence electrons. The Morgan fingerprint density at radius 2 is 1.70 bits per heavy atom. The number of anilines is 1. The first-order chi connectivity index (χ1) is 12.8. The van der Waals surface area contributed by atoms with Gasteiger partial charge in [0.15, 0.2) is 0 Å². The summed E-state index contributed by atoms with van der Waals surface area (Å²) in [5.74, 6) is -0.410. The van der Waals surface area contributed by atoms with Crippen LogP contribution in [0.25, 0.3) is 10.8 Å². The second-order valence-electron chi connectivity index (χ2n) is 5.90. The van der Waals surface area contributed by atoms with E-state index in [9.17, 15) is 18.3 Å². The number of carbonyl (C=O) groups is 1. The molecule has 0 aliphatic rings. The van der Waals surface area contributed by atoms with Crippen LogP contribution in [0.4, 0.5) is 5.69 Å². The van der Waals surface area contributed by atoms with Crippen LogP contribution in [0.2, 0.25) is 0 Å². The smallest absolute Gasteiger partial charge is 0.294 e. The molecular formula is C19H18N2O5S. The number of benzene rings is 3. The summed E-state index contributed by atoms with van der Waals surface area (Å²) in [6.07, 6.45) is 0. The van der Waals surface area contributed by atoms with Crippen LogP contribution in [0, 0.1) is 0 Å². The van der Waals surface area contributed by atoms with Crippen molar-refractivity contribution in [2.75, 3.05) is 18.4 Å². The zero-order valence-electron chi connectivity index (χ0n) is 14.2. The molecule has 0 aromatic heterocycles. The minimum atomic E-state index is -4.39. The first-order valence-corrected chi connectivity index (χ1v) is 9.60. The van der Waals surface area contributed by atoms with E-state index in [1.807, 2.05) is 6.07 Å². The molecule has 3 aromatic rings. The lowest BCUT2D eigenvalue weighted by Gasteiger charge is -2.10. The molecule has 1 amide bonds. The molecule has 3 aromatic carbocycles. The lowest BCUT2D eigenvalue weighted by Crippen LogP contribution is -2.28. The molecule has 0 unspecified atom stereocenters. The van der Waals surface area contributed by atoms with Crippen molar-refractivity contribution in [2.24, 2.45) is 0 Å². The molecule has 0 heterocycles. The standard InChI is InChI=1S/C19H18N2O5S/c22-18-12-16(27(24,25)26)10-14-6-7-15(11-17(14)18)20-8-9-21-19(23)13-4-2-1-3-5-13/h1-7,10-12,20,22H,8-9H2,(H,21,23)(H,24,25,26). The Kier molecular flexibility index (Phi) is 5.29. The molecule has 8 heteroatoms. The highest BCUT2D eigenvalue weighted by atomic mass is 32.2. The fraction of sp³-hybridized carbons (Fsp3) is 0.105. The van der Waals surface area contributed by atoms with Gasteiger partial charge in [0.2, 0.25) is 0 Å². The van der Waals surface area contributed by atoms with Crippen LogP contribution < -0.4 is 10.6 Å². The van der Waals surface area contributed by atoms with Gasteiger partial charge in [-0.25, -0.2) is 0 Å². The molecule has 0 radical (unpaired) electrons. The van der Waals surface area contributed by atoms with E-state index in [1.165, 1.54) is 6.07 Å². The van der Waals surface area contributed by atoms with Gasteiger partial charge in [0.25, 0.3) is 16.0 Å². The third-order valence-electron chi connectivity index (χ3n) is 3.98. The van der Waals surface area contributed by atoms with E-state index in [0.29, 0.717) is 35.1 Å². The molecule has 4 N–H and O–H groups in total. The quantitative estimate of drug-likeness (QED) is 0.382. The SMILES string of the molecule is O=C(NCCNc1ccc2cc(S(=O)(=O)O)cc(O)c2c1)c1ccccc1. The fourth-order valence-electron chi connectivity index (χ4n) is 2.64. The number of rotatable bonds is 6. The third-order valence-corrected chi connectivity index (χ3v) is 4.81. The van der Waals surface area contributed by atoms with Gasteiger partial charge in [0, 0.05) is 35.8 Å². The van der Waals surface area contributed by atoms with Gasteiger partial charge in [-0.1, -0.05) is 24.3 Å². The average molecular weight is 386 g/mol. The summed E-state index contributed by atoms with van der Waals surface area (Å²) >= 11 is 0. The van der Waals surface area contributed by atoms with Crippen LogP contribution in [-0.4, -0.2) is 37.1 Å². The normalized spacial score (nSPS) is 11.3. The van der Waals surface area contributed by atoms with Crippen LogP contribution >= 0.6 is 0 Å². The molecule has 3 rings (SSSR count). The molecule has 0 saturated heterocycles. The lowest BCUT2D eigenvalue weighted by atomic mass is 10.1. The van der Waals surface area contributed by atoms with Gasteiger partial charge >= 0.3 is 0 Å². The maximum absolute atomic E-state index is 11.9. The molecule has 0 aliphatic carbocycles. The van der Waals surface area contributed by atoms with E-state index in [4.69, 9.17) is 4.55 Å². The number of phenolic OH excluding ortho intramolecular Hbond substituents is 1. The first-order valence-electron chi connectivity index (χ1n) is 8.16. The molecule has 0 aliphatic heterocycles. The maximum Gasteiger partial charge on any atom is 0.294 e. The van der Waals surface area contributed by atoms with Crippen LogP contribution in [0.3, 0.4) is 0 Å². The van der Waals surface area contributed by atoms with Crippen LogP contribution in [0.1, 0.15) is 10.4 Å². The average Bonchev–Trinajstić information content (AvgIpc) is 2.65. The highest BCUT2D eigenvalue weighted by Crippen LogP contribution is 2.30. The Labute approximate surface area is 156 Å². The van der Waals surface area contributed by atoms with Crippen LogP contribution in [0.15, 0.2) is 65.6 Å². The number of fused-ring (bicyclic) bond motifs is 1. The number of phenols is 1. The van der Waals surface area contributed by atoms with Gasteiger partial charge in [0.05, 0.1) is 4.90 Å². The summed E-state index contributed by atoms with van der Waals surface area (Å²) in [7, 11) is -4.39. The topological polar surface area (TPSA) is 116 Å². The van der Waals surface area contributed by atoms with E-state index >= 15 is 0 Å². The van der Waals surface area contributed by atoms with Crippen molar-refractivity contribution in [1.29, 1.82) is 0 Å². The Hall–Kier alpha value is -3.10. The number of aromatic hydroxyl groups is 1. The molecule has 7 nitrogen and oxygen atoms in total. The van der Waals surface area contributed by atoms with Crippen LogP contribution in [0.5, 0.6) is 5.75 Å². The zero-order chi connectivity index (χ0) is 19.4. The number of hydrogen-bond donors (Lipinski definition) is 4. The summed E-state index contributed by atoms with van der Waals surface area (Å²) in [5.41, 5.74) is 1.29. The molecule has 0 spiro atoms. The number of carbonyl (C=O) groups excluding carboxylic acids is 1. The summed E-state index contributed by atoms with van der Waals surface area (Å²) in [4.78, 5) is 11.6. The largest absolute Gasteiger partial charge is 0.507 e. The van der Waals surface area contributed by atoms with Crippen molar-refractivity contribution in [2.45, 2.75) is 4.90 Å². The monoisotopic (exact) mass is 386 g/mol. The fourth-order valence-corrected chi connectivity index (χ4v) is 3.18.